The molecule has 1 rings (SSSR count). The molecule has 6 heteroatoms. The first-order valence-corrected chi connectivity index (χ1v) is 6.25. The Bertz CT molecular complexity index is 535. The van der Waals surface area contributed by atoms with Crippen LogP contribution in [0.5, 0.6) is 0 Å². The van der Waals surface area contributed by atoms with Crippen LogP contribution in [0.2, 0.25) is 5.02 Å². The quantitative estimate of drug-likeness (QED) is 0.369. The van der Waals surface area contributed by atoms with E-state index in [1.54, 1.807) is 26.0 Å². The SMILES string of the molecule is CC(C)OC(=O)C(C#N)=Cc1cnc(Br)cc1Cl. The third-order valence-electron chi connectivity index (χ3n) is 1.83. The zero-order valence-electron chi connectivity index (χ0n) is 9.78. The summed E-state index contributed by atoms with van der Waals surface area (Å²) in [5.41, 5.74) is 0.367. The Hall–Kier alpha value is -1.38. The highest BCUT2D eigenvalue weighted by molar-refractivity contribution is 9.10. The lowest BCUT2D eigenvalue weighted by Crippen LogP contribution is -2.12. The predicted molar refractivity (Wildman–Crippen MR) is 71.8 cm³/mol. The smallest absolute Gasteiger partial charge is 0.349 e. The number of ether oxygens (including phenoxy) is 1. The van der Waals surface area contributed by atoms with Crippen molar-refractivity contribution in [2.75, 3.05) is 0 Å². The standard InChI is InChI=1S/C12H10BrClN2O2/c1-7(2)18-12(17)8(5-15)3-9-6-16-11(13)4-10(9)14/h3-4,6-7H,1-2H3. The maximum atomic E-state index is 11.6. The van der Waals surface area contributed by atoms with Crippen LogP contribution in [0, 0.1) is 11.3 Å². The van der Waals surface area contributed by atoms with Crippen LogP contribution in [0.15, 0.2) is 22.4 Å². The summed E-state index contributed by atoms with van der Waals surface area (Å²) in [6.07, 6.45) is 2.53. The molecule has 1 heterocycles. The van der Waals surface area contributed by atoms with E-state index in [0.717, 1.165) is 0 Å². The van der Waals surface area contributed by atoms with E-state index in [2.05, 4.69) is 20.9 Å². The first-order valence-electron chi connectivity index (χ1n) is 5.08. The Morgan fingerprint density at radius 1 is 1.67 bits per heavy atom. The summed E-state index contributed by atoms with van der Waals surface area (Å²) >= 11 is 9.13. The molecule has 94 valence electrons. The van der Waals surface area contributed by atoms with E-state index in [4.69, 9.17) is 21.6 Å². The van der Waals surface area contributed by atoms with Crippen molar-refractivity contribution >= 4 is 39.6 Å². The maximum Gasteiger partial charge on any atom is 0.349 e. The number of hydrogen-bond donors (Lipinski definition) is 0. The zero-order valence-corrected chi connectivity index (χ0v) is 12.1. The summed E-state index contributed by atoms with van der Waals surface area (Å²) in [5.74, 6) is -0.675. The average Bonchev–Trinajstić information content (AvgIpc) is 2.27. The molecule has 0 saturated heterocycles. The molecule has 0 unspecified atom stereocenters. The fourth-order valence-corrected chi connectivity index (χ4v) is 1.76. The van der Waals surface area contributed by atoms with Crippen LogP contribution in [0.3, 0.4) is 0 Å². The Morgan fingerprint density at radius 2 is 2.33 bits per heavy atom. The van der Waals surface area contributed by atoms with Crippen LogP contribution < -0.4 is 0 Å². The van der Waals surface area contributed by atoms with Gasteiger partial charge in [-0.2, -0.15) is 5.26 Å². The molecule has 0 spiro atoms. The van der Waals surface area contributed by atoms with Crippen LogP contribution in [-0.4, -0.2) is 17.1 Å². The van der Waals surface area contributed by atoms with Gasteiger partial charge in [0.25, 0.3) is 0 Å². The molecule has 4 nitrogen and oxygen atoms in total. The molecule has 0 N–H and O–H groups in total. The van der Waals surface area contributed by atoms with Gasteiger partial charge >= 0.3 is 5.97 Å². The highest BCUT2D eigenvalue weighted by Crippen LogP contribution is 2.21. The summed E-state index contributed by atoms with van der Waals surface area (Å²) in [6, 6.07) is 3.37. The molecule has 0 aliphatic heterocycles. The minimum atomic E-state index is -0.675. The monoisotopic (exact) mass is 328 g/mol. The number of hydrogen-bond acceptors (Lipinski definition) is 4. The first-order chi connectivity index (χ1) is 8.43. The molecule has 0 amide bonds. The van der Waals surface area contributed by atoms with E-state index in [1.165, 1.54) is 12.3 Å². The van der Waals surface area contributed by atoms with E-state index in [1.807, 2.05) is 0 Å². The molecular formula is C12H10BrClN2O2. The molecule has 0 aliphatic carbocycles. The Morgan fingerprint density at radius 3 is 2.83 bits per heavy atom. The van der Waals surface area contributed by atoms with E-state index in [9.17, 15) is 4.79 Å². The van der Waals surface area contributed by atoms with Crippen LogP contribution >= 0.6 is 27.5 Å². The minimum absolute atomic E-state index is 0.116. The van der Waals surface area contributed by atoms with Gasteiger partial charge in [-0.25, -0.2) is 9.78 Å². The molecule has 0 bridgehead atoms. The van der Waals surface area contributed by atoms with Crippen LogP contribution in [0.1, 0.15) is 19.4 Å². The van der Waals surface area contributed by atoms with Crippen LogP contribution in [-0.2, 0) is 9.53 Å². The number of pyridine rings is 1. The van der Waals surface area contributed by atoms with Crippen molar-refractivity contribution in [3.05, 3.63) is 33.0 Å². The predicted octanol–water partition coefficient (Wildman–Crippen LogP) is 3.36. The van der Waals surface area contributed by atoms with Gasteiger partial charge in [0.2, 0.25) is 0 Å². The van der Waals surface area contributed by atoms with Crippen molar-refractivity contribution in [1.29, 1.82) is 5.26 Å². The second kappa shape index (κ2) is 6.53. The van der Waals surface area contributed by atoms with Crippen molar-refractivity contribution in [3.8, 4) is 6.07 Å². The summed E-state index contributed by atoms with van der Waals surface area (Å²) in [7, 11) is 0. The molecule has 0 fully saturated rings. The van der Waals surface area contributed by atoms with E-state index in [-0.39, 0.29) is 11.7 Å². The lowest BCUT2D eigenvalue weighted by molar-refractivity contribution is -0.142. The minimum Gasteiger partial charge on any atom is -0.459 e. The number of esters is 1. The number of rotatable bonds is 3. The van der Waals surface area contributed by atoms with Crippen LogP contribution in [0.4, 0.5) is 0 Å². The molecule has 0 aromatic carbocycles. The molecule has 0 aliphatic rings. The highest BCUT2D eigenvalue weighted by Gasteiger charge is 2.13. The van der Waals surface area contributed by atoms with Gasteiger partial charge in [0.05, 0.1) is 11.1 Å². The second-order valence-electron chi connectivity index (χ2n) is 3.65. The van der Waals surface area contributed by atoms with Crippen LogP contribution in [0.25, 0.3) is 6.08 Å². The third kappa shape index (κ3) is 4.13. The van der Waals surface area contributed by atoms with Crippen molar-refractivity contribution in [2.45, 2.75) is 20.0 Å². The second-order valence-corrected chi connectivity index (χ2v) is 4.87. The highest BCUT2D eigenvalue weighted by atomic mass is 79.9. The van der Waals surface area contributed by atoms with Gasteiger partial charge < -0.3 is 4.74 Å². The van der Waals surface area contributed by atoms with Crippen molar-refractivity contribution in [2.24, 2.45) is 0 Å². The van der Waals surface area contributed by atoms with Gasteiger partial charge in [-0.05, 0) is 41.9 Å². The topological polar surface area (TPSA) is 63.0 Å². The van der Waals surface area contributed by atoms with Crippen molar-refractivity contribution < 1.29 is 9.53 Å². The number of halogens is 2. The molecule has 1 aromatic heterocycles. The van der Waals surface area contributed by atoms with E-state index in [0.29, 0.717) is 15.2 Å². The van der Waals surface area contributed by atoms with Gasteiger partial charge in [-0.15, -0.1) is 0 Å². The van der Waals surface area contributed by atoms with Gasteiger partial charge in [0.1, 0.15) is 16.2 Å². The van der Waals surface area contributed by atoms with Crippen molar-refractivity contribution in [1.82, 2.24) is 4.98 Å². The first kappa shape index (κ1) is 14.7. The van der Waals surface area contributed by atoms with Crippen molar-refractivity contribution in [3.63, 3.8) is 0 Å². The number of nitriles is 1. The van der Waals surface area contributed by atoms with Gasteiger partial charge in [-0.1, -0.05) is 11.6 Å². The summed E-state index contributed by atoms with van der Waals surface area (Å²) in [5, 5.41) is 9.31. The molecule has 1 aromatic rings. The van der Waals surface area contributed by atoms with Gasteiger partial charge in [0, 0.05) is 11.8 Å². The summed E-state index contributed by atoms with van der Waals surface area (Å²) in [6.45, 7) is 3.42. The molecular weight excluding hydrogens is 320 g/mol. The number of carbonyl (C=O) groups is 1. The normalized spacial score (nSPS) is 11.2. The maximum absolute atomic E-state index is 11.6. The molecule has 0 atom stereocenters. The number of aromatic nitrogens is 1. The van der Waals surface area contributed by atoms with Gasteiger partial charge in [-0.3, -0.25) is 0 Å². The summed E-state index contributed by atoms with van der Waals surface area (Å²) in [4.78, 5) is 15.6. The summed E-state index contributed by atoms with van der Waals surface area (Å²) < 4.78 is 5.51. The number of carbonyl (C=O) groups excluding carboxylic acids is 1. The largest absolute Gasteiger partial charge is 0.459 e. The zero-order chi connectivity index (χ0) is 13.7. The van der Waals surface area contributed by atoms with E-state index < -0.39 is 5.97 Å². The number of nitrogens with zero attached hydrogens (tertiary/aromatic N) is 2. The Labute approximate surface area is 118 Å². The average molecular weight is 330 g/mol. The fourth-order valence-electron chi connectivity index (χ4n) is 1.09. The fraction of sp³-hybridized carbons (Fsp3) is 0.250. The Kier molecular flexibility index (Phi) is 5.32. The lowest BCUT2D eigenvalue weighted by Gasteiger charge is -2.06. The molecule has 0 saturated carbocycles. The van der Waals surface area contributed by atoms with Gasteiger partial charge in [0.15, 0.2) is 0 Å². The molecule has 18 heavy (non-hydrogen) atoms. The lowest BCUT2D eigenvalue weighted by atomic mass is 10.2. The Balaban J connectivity index is 3.05. The molecule has 0 radical (unpaired) electrons. The van der Waals surface area contributed by atoms with E-state index >= 15 is 0 Å². The third-order valence-corrected chi connectivity index (χ3v) is 2.59.